The van der Waals surface area contributed by atoms with Crippen molar-refractivity contribution in [3.05, 3.63) is 29.8 Å². The first-order chi connectivity index (χ1) is 9.65. The van der Waals surface area contributed by atoms with Crippen molar-refractivity contribution in [1.29, 1.82) is 5.26 Å². The Morgan fingerprint density at radius 3 is 3.00 bits per heavy atom. The highest BCUT2D eigenvalue weighted by Crippen LogP contribution is 2.10. The molecule has 0 heterocycles. The van der Waals surface area contributed by atoms with Gasteiger partial charge in [-0.15, -0.1) is 0 Å². The molecule has 1 amide bonds. The average Bonchev–Trinajstić information content (AvgIpc) is 2.45. The lowest BCUT2D eigenvalue weighted by Gasteiger charge is -2.12. The number of anilines is 1. The number of nitrogens with one attached hydrogen (secondary N) is 1. The van der Waals surface area contributed by atoms with Gasteiger partial charge in [-0.05, 0) is 32.0 Å². The van der Waals surface area contributed by atoms with Crippen molar-refractivity contribution in [2.75, 3.05) is 25.1 Å². The predicted octanol–water partition coefficient (Wildman–Crippen LogP) is 2.33. The van der Waals surface area contributed by atoms with Gasteiger partial charge >= 0.3 is 0 Å². The van der Waals surface area contributed by atoms with Crippen LogP contribution in [0.15, 0.2) is 24.3 Å². The lowest BCUT2D eigenvalue weighted by Crippen LogP contribution is -2.20. The molecule has 0 radical (unpaired) electrons. The van der Waals surface area contributed by atoms with Crippen LogP contribution in [0.1, 0.15) is 25.8 Å². The van der Waals surface area contributed by atoms with Gasteiger partial charge in [0.25, 0.3) is 0 Å². The molecule has 0 aliphatic rings. The number of carbonyl (C=O) groups excluding carboxylic acids is 1. The Balaban J connectivity index is 2.28. The number of carbonyl (C=O) groups is 1. The van der Waals surface area contributed by atoms with Gasteiger partial charge in [0.15, 0.2) is 0 Å². The van der Waals surface area contributed by atoms with Crippen molar-refractivity contribution in [2.24, 2.45) is 0 Å². The molecular formula is C15H20N2O3. The highest BCUT2D eigenvalue weighted by Gasteiger charge is 2.06. The third-order valence-corrected chi connectivity index (χ3v) is 2.56. The normalized spacial score (nSPS) is 11.7. The summed E-state index contributed by atoms with van der Waals surface area (Å²) in [5.41, 5.74) is 1.14. The van der Waals surface area contributed by atoms with Crippen molar-refractivity contribution >= 4 is 11.6 Å². The van der Waals surface area contributed by atoms with Gasteiger partial charge in [0.05, 0.1) is 37.4 Å². The maximum atomic E-state index is 11.7. The minimum Gasteiger partial charge on any atom is -0.379 e. The number of nitrogens with zero attached hydrogens (tertiary/aromatic N) is 1. The Labute approximate surface area is 119 Å². The van der Waals surface area contributed by atoms with E-state index in [4.69, 9.17) is 14.7 Å². The summed E-state index contributed by atoms with van der Waals surface area (Å²) in [4.78, 5) is 11.7. The van der Waals surface area contributed by atoms with E-state index in [1.165, 1.54) is 0 Å². The summed E-state index contributed by atoms with van der Waals surface area (Å²) in [7, 11) is 0. The molecule has 0 aromatic heterocycles. The Morgan fingerprint density at radius 1 is 1.50 bits per heavy atom. The Kier molecular flexibility index (Phi) is 7.33. The van der Waals surface area contributed by atoms with E-state index < -0.39 is 0 Å². The lowest BCUT2D eigenvalue weighted by atomic mass is 10.2. The highest BCUT2D eigenvalue weighted by atomic mass is 16.5. The SMILES string of the molecule is CCOCC(C)OCCC(=O)Nc1cccc(C#N)c1. The molecule has 1 aromatic carbocycles. The molecule has 0 saturated carbocycles. The fraction of sp³-hybridized carbons (Fsp3) is 0.467. The zero-order valence-electron chi connectivity index (χ0n) is 11.9. The monoisotopic (exact) mass is 276 g/mol. The summed E-state index contributed by atoms with van der Waals surface area (Å²) in [6, 6.07) is 8.83. The van der Waals surface area contributed by atoms with Crippen LogP contribution in [-0.2, 0) is 14.3 Å². The lowest BCUT2D eigenvalue weighted by molar-refractivity contribution is -0.118. The molecule has 0 aliphatic carbocycles. The van der Waals surface area contributed by atoms with Gasteiger partial charge in [-0.25, -0.2) is 0 Å². The molecular weight excluding hydrogens is 256 g/mol. The summed E-state index contributed by atoms with van der Waals surface area (Å²) in [5.74, 6) is -0.135. The van der Waals surface area contributed by atoms with Gasteiger partial charge in [0.2, 0.25) is 5.91 Å². The van der Waals surface area contributed by atoms with Crippen LogP contribution in [0, 0.1) is 11.3 Å². The molecule has 5 nitrogen and oxygen atoms in total. The topological polar surface area (TPSA) is 71.3 Å². The van der Waals surface area contributed by atoms with Crippen molar-refractivity contribution < 1.29 is 14.3 Å². The third kappa shape index (κ3) is 6.32. The number of nitriles is 1. The first-order valence-corrected chi connectivity index (χ1v) is 6.65. The summed E-state index contributed by atoms with van der Waals surface area (Å²) in [6.07, 6.45) is 0.248. The molecule has 1 rings (SSSR count). The van der Waals surface area contributed by atoms with Gasteiger partial charge < -0.3 is 14.8 Å². The van der Waals surface area contributed by atoms with Crippen molar-refractivity contribution in [3.8, 4) is 6.07 Å². The molecule has 1 atom stereocenters. The standard InChI is InChI=1S/C15H20N2O3/c1-3-19-11-12(2)20-8-7-15(18)17-14-6-4-5-13(9-14)10-16/h4-6,9,12H,3,7-8,11H2,1-2H3,(H,17,18). The van der Waals surface area contributed by atoms with Crippen LogP contribution in [0.25, 0.3) is 0 Å². The number of ether oxygens (including phenoxy) is 2. The largest absolute Gasteiger partial charge is 0.379 e. The number of benzene rings is 1. The number of amides is 1. The molecule has 0 bridgehead atoms. The Bertz CT molecular complexity index is 468. The van der Waals surface area contributed by atoms with Crippen LogP contribution in [0.4, 0.5) is 5.69 Å². The summed E-state index contributed by atoms with van der Waals surface area (Å²) >= 11 is 0. The second kappa shape index (κ2) is 9.08. The molecule has 5 heteroatoms. The number of hydrogen-bond donors (Lipinski definition) is 1. The van der Waals surface area contributed by atoms with Crippen molar-refractivity contribution in [1.82, 2.24) is 0 Å². The van der Waals surface area contributed by atoms with E-state index in [2.05, 4.69) is 5.32 Å². The van der Waals surface area contributed by atoms with Gasteiger partial charge in [-0.1, -0.05) is 6.07 Å². The molecule has 0 fully saturated rings. The molecule has 1 aromatic rings. The van der Waals surface area contributed by atoms with E-state index in [1.807, 2.05) is 19.9 Å². The molecule has 0 saturated heterocycles. The maximum Gasteiger partial charge on any atom is 0.226 e. The Morgan fingerprint density at radius 2 is 2.30 bits per heavy atom. The van der Waals surface area contributed by atoms with Gasteiger partial charge in [-0.3, -0.25) is 4.79 Å². The molecule has 1 N–H and O–H groups in total. The maximum absolute atomic E-state index is 11.7. The second-order valence-electron chi connectivity index (χ2n) is 4.33. The fourth-order valence-electron chi connectivity index (χ4n) is 1.57. The summed E-state index contributed by atoms with van der Waals surface area (Å²) in [5, 5.41) is 11.5. The number of hydrogen-bond acceptors (Lipinski definition) is 4. The zero-order valence-corrected chi connectivity index (χ0v) is 11.9. The van der Waals surface area contributed by atoms with Crippen LogP contribution in [0.2, 0.25) is 0 Å². The first kappa shape index (κ1) is 16.2. The predicted molar refractivity (Wildman–Crippen MR) is 76.3 cm³/mol. The van der Waals surface area contributed by atoms with Crippen molar-refractivity contribution in [2.45, 2.75) is 26.4 Å². The molecule has 108 valence electrons. The van der Waals surface area contributed by atoms with Gasteiger partial charge in [-0.2, -0.15) is 5.26 Å². The van der Waals surface area contributed by atoms with E-state index in [-0.39, 0.29) is 18.4 Å². The first-order valence-electron chi connectivity index (χ1n) is 6.65. The zero-order chi connectivity index (χ0) is 14.8. The molecule has 1 unspecified atom stereocenters. The molecule has 0 aliphatic heterocycles. The molecule has 20 heavy (non-hydrogen) atoms. The molecule has 0 spiro atoms. The van der Waals surface area contributed by atoms with Crippen LogP contribution in [0.3, 0.4) is 0 Å². The number of rotatable bonds is 8. The second-order valence-corrected chi connectivity index (χ2v) is 4.33. The fourth-order valence-corrected chi connectivity index (χ4v) is 1.57. The average molecular weight is 276 g/mol. The highest BCUT2D eigenvalue weighted by molar-refractivity contribution is 5.90. The van der Waals surface area contributed by atoms with Crippen LogP contribution in [0.5, 0.6) is 0 Å². The van der Waals surface area contributed by atoms with E-state index in [0.29, 0.717) is 31.1 Å². The van der Waals surface area contributed by atoms with Gasteiger partial charge in [0.1, 0.15) is 0 Å². The minimum atomic E-state index is -0.135. The van der Waals surface area contributed by atoms with Gasteiger partial charge in [0, 0.05) is 12.3 Å². The smallest absolute Gasteiger partial charge is 0.226 e. The van der Waals surface area contributed by atoms with E-state index >= 15 is 0 Å². The van der Waals surface area contributed by atoms with E-state index in [0.717, 1.165) is 0 Å². The van der Waals surface area contributed by atoms with Crippen LogP contribution in [-0.4, -0.2) is 31.8 Å². The van der Waals surface area contributed by atoms with E-state index in [1.54, 1.807) is 24.3 Å². The Hall–Kier alpha value is -1.90. The summed E-state index contributed by atoms with van der Waals surface area (Å²) in [6.45, 7) is 5.36. The van der Waals surface area contributed by atoms with Crippen molar-refractivity contribution in [3.63, 3.8) is 0 Å². The summed E-state index contributed by atoms with van der Waals surface area (Å²) < 4.78 is 10.7. The van der Waals surface area contributed by atoms with Crippen LogP contribution < -0.4 is 5.32 Å². The van der Waals surface area contributed by atoms with E-state index in [9.17, 15) is 4.79 Å². The minimum absolute atomic E-state index is 0.0235. The van der Waals surface area contributed by atoms with Crippen LogP contribution >= 0.6 is 0 Å². The quantitative estimate of drug-likeness (QED) is 0.791. The third-order valence-electron chi connectivity index (χ3n) is 2.56.